The summed E-state index contributed by atoms with van der Waals surface area (Å²) in [5.74, 6) is -0.761. The van der Waals surface area contributed by atoms with Crippen LogP contribution in [0, 0.1) is 11.3 Å². The molecule has 460 valence electrons. The monoisotopic (exact) mass is 1220 g/mol. The number of H-pyrrole nitrogens is 1. The number of carbonyl (C=O) groups is 4. The lowest BCUT2D eigenvalue weighted by Gasteiger charge is -2.39. The average molecular weight is 1220 g/mol. The number of hydrogen-bond acceptors (Lipinski definition) is 15. The smallest absolute Gasteiger partial charge is 0.268 e. The Hall–Kier alpha value is -7.33. The lowest BCUT2D eigenvalue weighted by molar-refractivity contribution is -0.136. The Labute approximate surface area is 514 Å². The van der Waals surface area contributed by atoms with Crippen molar-refractivity contribution in [2.75, 3.05) is 94.7 Å². The van der Waals surface area contributed by atoms with Gasteiger partial charge < -0.3 is 34.6 Å². The molecule has 4 aromatic carbocycles. The second kappa shape index (κ2) is 27.0. The molecule has 87 heavy (non-hydrogen) atoms. The molecule has 2 aromatic heterocycles. The van der Waals surface area contributed by atoms with Crippen molar-refractivity contribution in [1.29, 1.82) is 0 Å². The number of aromatic amines is 1. The Balaban J connectivity index is 0.643. The molecule has 1 unspecified atom stereocenters. The zero-order chi connectivity index (χ0) is 60.8. The van der Waals surface area contributed by atoms with E-state index in [2.05, 4.69) is 89.5 Å². The van der Waals surface area contributed by atoms with E-state index in [9.17, 15) is 32.8 Å². The van der Waals surface area contributed by atoms with Crippen LogP contribution in [0.5, 0.6) is 11.5 Å². The van der Waals surface area contributed by atoms with Crippen LogP contribution in [-0.2, 0) is 32.6 Å². The molecule has 3 fully saturated rings. The van der Waals surface area contributed by atoms with Gasteiger partial charge in [-0.2, -0.15) is 0 Å². The number of piperidine rings is 2. The van der Waals surface area contributed by atoms with Crippen molar-refractivity contribution < 1.29 is 37.5 Å². The van der Waals surface area contributed by atoms with Crippen LogP contribution < -0.4 is 30.5 Å². The molecule has 6 heterocycles. The second-order valence-corrected chi connectivity index (χ2v) is 27.1. The molecule has 0 radical (unpaired) electrons. The summed E-state index contributed by atoms with van der Waals surface area (Å²) in [6, 6.07) is 26.7. The summed E-state index contributed by atoms with van der Waals surface area (Å²) in [6.07, 6.45) is 13.0. The summed E-state index contributed by atoms with van der Waals surface area (Å²) in [5, 5.41) is 17.6. The highest BCUT2D eigenvalue weighted by molar-refractivity contribution is 7.90. The highest BCUT2D eigenvalue weighted by Crippen LogP contribution is 2.44. The average Bonchev–Trinajstić information content (AvgIpc) is 3.14. The van der Waals surface area contributed by atoms with Crippen molar-refractivity contribution in [2.45, 2.75) is 102 Å². The number of likely N-dealkylation sites (tertiary alicyclic amines) is 1. The van der Waals surface area contributed by atoms with Crippen LogP contribution in [0.15, 0.2) is 114 Å². The number of hydrogen-bond donors (Lipinski definition) is 6. The maximum atomic E-state index is 14.2. The van der Waals surface area contributed by atoms with E-state index in [0.29, 0.717) is 48.1 Å². The predicted octanol–water partition coefficient (Wildman–Crippen LogP) is 9.94. The third-order valence-corrected chi connectivity index (χ3v) is 19.8. The number of pyridine rings is 1. The van der Waals surface area contributed by atoms with Crippen molar-refractivity contribution >= 4 is 78.9 Å². The molecule has 0 spiro atoms. The molecular weight excluding hydrogens is 1140 g/mol. The molecule has 19 nitrogen and oxygen atoms in total. The summed E-state index contributed by atoms with van der Waals surface area (Å²) in [5.41, 5.74) is 11.6. The molecule has 6 N–H and O–H groups in total. The standard InChI is InChI=1S/C66H80ClN11O8S/c1-66(2)25-21-48(55(39-66)46-11-13-49(67)14-12-46)42-76-32-34-77(35-33-76)50-15-17-54(60(37-50)86-51-36-47-22-26-68-62(47)70-41-51)63(80)73-87(84,85)52-16-18-57(58(38-52)72-83)69-40-44-23-30-75(31-24-44)29-7-28-74(3)27-5-4-8-45-9-6-10-53-56(45)43-78(65(53)82)59-19-20-61(79)71-64(59)81/h6,9-18,22,26,36-38,41,44,59,69,72,83H,4-5,7-8,19-21,23-25,27-35,39-40,42-43H2,1-3H3,(H,68,70)(H,73,80)(H,71,79,81). The minimum Gasteiger partial charge on any atom is -0.455 e. The van der Waals surface area contributed by atoms with E-state index in [-0.39, 0.29) is 45.5 Å². The van der Waals surface area contributed by atoms with E-state index >= 15 is 0 Å². The number of aryl methyl sites for hydroxylation is 1. The Morgan fingerprint density at radius 2 is 1.67 bits per heavy atom. The Morgan fingerprint density at radius 1 is 0.874 bits per heavy atom. The van der Waals surface area contributed by atoms with E-state index in [1.807, 2.05) is 42.5 Å². The van der Waals surface area contributed by atoms with Gasteiger partial charge in [-0.05, 0) is 198 Å². The fourth-order valence-corrected chi connectivity index (χ4v) is 14.2. The van der Waals surface area contributed by atoms with Crippen LogP contribution in [0.1, 0.15) is 115 Å². The van der Waals surface area contributed by atoms with Crippen LogP contribution in [-0.4, -0.2) is 152 Å². The number of allylic oxidation sites excluding steroid dienone is 1. The maximum absolute atomic E-state index is 14.2. The van der Waals surface area contributed by atoms with Gasteiger partial charge in [0.2, 0.25) is 11.8 Å². The summed E-state index contributed by atoms with van der Waals surface area (Å²) in [7, 11) is -2.28. The fraction of sp³-hybridized carbons (Fsp3) is 0.439. The van der Waals surface area contributed by atoms with Gasteiger partial charge in [0.05, 0.1) is 28.0 Å². The minimum atomic E-state index is -4.44. The van der Waals surface area contributed by atoms with Crippen LogP contribution in [0.4, 0.5) is 17.1 Å². The number of ether oxygens (including phenoxy) is 1. The number of amides is 4. The molecule has 1 aliphatic carbocycles. The van der Waals surface area contributed by atoms with Gasteiger partial charge in [-0.3, -0.25) is 40.1 Å². The van der Waals surface area contributed by atoms with Crippen LogP contribution in [0.25, 0.3) is 16.6 Å². The van der Waals surface area contributed by atoms with Crippen molar-refractivity contribution in [1.82, 2.24) is 39.6 Å². The molecule has 6 aromatic rings. The van der Waals surface area contributed by atoms with E-state index in [4.69, 9.17) is 16.3 Å². The number of imide groups is 1. The Kier molecular flexibility index (Phi) is 19.0. The number of fused-ring (bicyclic) bond motifs is 2. The van der Waals surface area contributed by atoms with Gasteiger partial charge in [0, 0.05) is 86.2 Å². The molecule has 0 saturated carbocycles. The van der Waals surface area contributed by atoms with Crippen molar-refractivity contribution in [3.8, 4) is 11.5 Å². The number of rotatable bonds is 23. The van der Waals surface area contributed by atoms with E-state index < -0.39 is 27.9 Å². The summed E-state index contributed by atoms with van der Waals surface area (Å²) < 4.78 is 36.7. The van der Waals surface area contributed by atoms with Gasteiger partial charge in [0.15, 0.2) is 0 Å². The summed E-state index contributed by atoms with van der Waals surface area (Å²) >= 11 is 6.28. The first-order valence-electron chi connectivity index (χ1n) is 30.7. The minimum absolute atomic E-state index is 0.0226. The van der Waals surface area contributed by atoms with E-state index in [1.54, 1.807) is 35.5 Å². The molecule has 3 saturated heterocycles. The largest absolute Gasteiger partial charge is 0.455 e. The molecule has 1 atom stereocenters. The number of sulfonamides is 1. The van der Waals surface area contributed by atoms with Crippen LogP contribution in [0.3, 0.4) is 0 Å². The Bertz CT molecular complexity index is 3650. The first-order valence-corrected chi connectivity index (χ1v) is 32.5. The first-order chi connectivity index (χ1) is 41.9. The molecule has 4 aliphatic heterocycles. The Morgan fingerprint density at radius 3 is 2.45 bits per heavy atom. The molecule has 0 bridgehead atoms. The van der Waals surface area contributed by atoms with Gasteiger partial charge >= 0.3 is 0 Å². The quantitative estimate of drug-likeness (QED) is 0.0199. The van der Waals surface area contributed by atoms with Gasteiger partial charge in [-0.15, -0.1) is 0 Å². The fourth-order valence-electron chi connectivity index (χ4n) is 13.1. The van der Waals surface area contributed by atoms with Crippen molar-refractivity contribution in [3.05, 3.63) is 142 Å². The zero-order valence-corrected chi connectivity index (χ0v) is 51.6. The number of anilines is 3. The summed E-state index contributed by atoms with van der Waals surface area (Å²) in [6.45, 7) is 14.7. The van der Waals surface area contributed by atoms with Crippen molar-refractivity contribution in [3.63, 3.8) is 0 Å². The number of piperazine rings is 1. The SMILES string of the molecule is CN(CCCCc1cccc2c1CN(C1CCC(=O)NC1=O)C2=O)CCCN1CCC(CNc2ccc(S(=O)(=O)NC(=O)c3ccc(N4CCN(CC5=C(c6ccc(Cl)cc6)CC(C)(C)CC5)CC4)cc3Oc3cnc4[nH]ccc4c3)cc2NO)CC1. The lowest BCUT2D eigenvalue weighted by Crippen LogP contribution is -2.52. The number of nitrogens with zero attached hydrogens (tertiary/aromatic N) is 6. The number of benzene rings is 4. The number of unbranched alkanes of at least 4 members (excludes halogenated alkanes) is 1. The van der Waals surface area contributed by atoms with Crippen LogP contribution >= 0.6 is 11.6 Å². The molecule has 21 heteroatoms. The lowest BCUT2D eigenvalue weighted by atomic mass is 9.72. The third-order valence-electron chi connectivity index (χ3n) is 18.2. The number of halogens is 1. The van der Waals surface area contributed by atoms with E-state index in [0.717, 1.165) is 150 Å². The molecule has 5 aliphatic rings. The zero-order valence-electron chi connectivity index (χ0n) is 50.0. The van der Waals surface area contributed by atoms with E-state index in [1.165, 1.54) is 28.8 Å². The number of aromatic nitrogens is 2. The number of carbonyl (C=O) groups excluding carboxylic acids is 4. The first kappa shape index (κ1) is 61.3. The third kappa shape index (κ3) is 14.8. The normalized spacial score (nSPS) is 18.8. The van der Waals surface area contributed by atoms with Gasteiger partial charge in [-0.25, -0.2) is 18.1 Å². The predicted molar refractivity (Wildman–Crippen MR) is 339 cm³/mol. The molecular formula is C66H80ClN11O8S. The highest BCUT2D eigenvalue weighted by Gasteiger charge is 2.40. The van der Waals surface area contributed by atoms with Gasteiger partial charge in [-0.1, -0.05) is 55.3 Å². The van der Waals surface area contributed by atoms with Gasteiger partial charge in [0.25, 0.3) is 21.8 Å². The van der Waals surface area contributed by atoms with Crippen molar-refractivity contribution in [2.24, 2.45) is 11.3 Å². The maximum Gasteiger partial charge on any atom is 0.268 e. The van der Waals surface area contributed by atoms with Gasteiger partial charge in [0.1, 0.15) is 23.2 Å². The second-order valence-electron chi connectivity index (χ2n) is 24.9. The molecule has 4 amide bonds. The topological polar surface area (TPSA) is 225 Å². The summed E-state index contributed by atoms with van der Waals surface area (Å²) in [4.78, 5) is 70.3. The number of nitrogens with one attached hydrogen (secondary N) is 5. The highest BCUT2D eigenvalue weighted by atomic mass is 35.5. The molecule has 11 rings (SSSR count). The van der Waals surface area contributed by atoms with Crippen LogP contribution in [0.2, 0.25) is 5.02 Å².